The van der Waals surface area contributed by atoms with E-state index in [1.807, 2.05) is 6.07 Å². The van der Waals surface area contributed by atoms with Gasteiger partial charge in [-0.1, -0.05) is 11.6 Å². The molecule has 0 aromatic heterocycles. The van der Waals surface area contributed by atoms with Gasteiger partial charge in [-0.15, -0.1) is 25.3 Å². The van der Waals surface area contributed by atoms with Crippen molar-refractivity contribution in [1.29, 1.82) is 0 Å². The zero-order valence-corrected chi connectivity index (χ0v) is 7.05. The van der Waals surface area contributed by atoms with Crippen LogP contribution in [0.5, 0.6) is 0 Å². The van der Waals surface area contributed by atoms with E-state index in [9.17, 15) is 0 Å². The fraction of sp³-hybridized carbons (Fsp3) is 0. The maximum absolute atomic E-state index is 5.65. The summed E-state index contributed by atoms with van der Waals surface area (Å²) < 4.78 is 0. The molecule has 0 N–H and O–H groups in total. The van der Waals surface area contributed by atoms with E-state index in [4.69, 9.17) is 11.6 Å². The van der Waals surface area contributed by atoms with E-state index in [0.717, 1.165) is 9.79 Å². The second-order valence-corrected chi connectivity index (χ2v) is 3.14. The number of halogens is 1. The second-order valence-electron chi connectivity index (χ2n) is 1.67. The van der Waals surface area contributed by atoms with Gasteiger partial charge in [0.25, 0.3) is 0 Å². The van der Waals surface area contributed by atoms with Crippen molar-refractivity contribution in [2.45, 2.75) is 9.79 Å². The highest BCUT2D eigenvalue weighted by atomic mass is 35.5. The number of hydrogen-bond donors (Lipinski definition) is 2. The van der Waals surface area contributed by atoms with Gasteiger partial charge in [-0.25, -0.2) is 0 Å². The summed E-state index contributed by atoms with van der Waals surface area (Å²) in [6.07, 6.45) is 0. The van der Waals surface area contributed by atoms with E-state index in [-0.39, 0.29) is 0 Å². The van der Waals surface area contributed by atoms with Crippen molar-refractivity contribution in [1.82, 2.24) is 0 Å². The van der Waals surface area contributed by atoms with Crippen molar-refractivity contribution in [3.05, 3.63) is 23.2 Å². The van der Waals surface area contributed by atoms with E-state index < -0.39 is 0 Å². The second kappa shape index (κ2) is 2.86. The molecule has 0 atom stereocenters. The molecule has 48 valence electrons. The van der Waals surface area contributed by atoms with E-state index in [2.05, 4.69) is 25.3 Å². The summed E-state index contributed by atoms with van der Waals surface area (Å²) in [6.45, 7) is 0. The van der Waals surface area contributed by atoms with Gasteiger partial charge in [-0.05, 0) is 18.2 Å². The largest absolute Gasteiger partial charge is 0.143 e. The van der Waals surface area contributed by atoms with Crippen molar-refractivity contribution in [3.8, 4) is 0 Å². The first-order chi connectivity index (χ1) is 4.18. The van der Waals surface area contributed by atoms with Gasteiger partial charge in [0, 0.05) is 14.8 Å². The lowest BCUT2D eigenvalue weighted by molar-refractivity contribution is 1.35. The van der Waals surface area contributed by atoms with Crippen LogP contribution >= 0.6 is 36.9 Å². The molecule has 9 heavy (non-hydrogen) atoms. The maximum Gasteiger partial charge on any atom is 0.0428 e. The molecular formula is C6H5ClS2. The summed E-state index contributed by atoms with van der Waals surface area (Å²) >= 11 is 13.8. The predicted octanol–water partition coefficient (Wildman–Crippen LogP) is 2.92. The smallest absolute Gasteiger partial charge is 0.0428 e. The van der Waals surface area contributed by atoms with Crippen LogP contribution in [-0.2, 0) is 0 Å². The predicted molar refractivity (Wildman–Crippen MR) is 46.0 cm³/mol. The summed E-state index contributed by atoms with van der Waals surface area (Å²) in [6, 6.07) is 5.37. The Bertz CT molecular complexity index is 172. The van der Waals surface area contributed by atoms with E-state index >= 15 is 0 Å². The Morgan fingerprint density at radius 1 is 1.00 bits per heavy atom. The Morgan fingerprint density at radius 3 is 1.78 bits per heavy atom. The normalized spacial score (nSPS) is 9.67. The molecule has 0 spiro atoms. The van der Waals surface area contributed by atoms with Gasteiger partial charge in [0.05, 0.1) is 0 Å². The molecule has 0 amide bonds. The van der Waals surface area contributed by atoms with E-state index in [1.54, 1.807) is 12.1 Å². The molecule has 0 aliphatic carbocycles. The van der Waals surface area contributed by atoms with Gasteiger partial charge in [0.15, 0.2) is 0 Å². The number of rotatable bonds is 0. The minimum Gasteiger partial charge on any atom is -0.143 e. The highest BCUT2D eigenvalue weighted by Crippen LogP contribution is 2.19. The average Bonchev–Trinajstić information content (AvgIpc) is 1.59. The van der Waals surface area contributed by atoms with Crippen molar-refractivity contribution in [2.24, 2.45) is 0 Å². The molecule has 0 bridgehead atoms. The number of benzene rings is 1. The van der Waals surface area contributed by atoms with Crippen LogP contribution in [0, 0.1) is 0 Å². The summed E-state index contributed by atoms with van der Waals surface area (Å²) in [5, 5.41) is 0.674. The fourth-order valence-corrected chi connectivity index (χ4v) is 1.60. The summed E-state index contributed by atoms with van der Waals surface area (Å²) in [5.41, 5.74) is 0. The molecule has 1 aromatic rings. The quantitative estimate of drug-likeness (QED) is 0.558. The third-order valence-electron chi connectivity index (χ3n) is 0.867. The highest BCUT2D eigenvalue weighted by molar-refractivity contribution is 7.81. The van der Waals surface area contributed by atoms with Crippen molar-refractivity contribution in [3.63, 3.8) is 0 Å². The third-order valence-corrected chi connectivity index (χ3v) is 1.60. The zero-order chi connectivity index (χ0) is 6.85. The zero-order valence-electron chi connectivity index (χ0n) is 4.50. The molecule has 0 saturated heterocycles. The average molecular weight is 177 g/mol. The first kappa shape index (κ1) is 7.32. The Kier molecular flexibility index (Phi) is 2.33. The molecule has 0 aliphatic rings. The van der Waals surface area contributed by atoms with Crippen LogP contribution in [0.2, 0.25) is 5.02 Å². The third kappa shape index (κ3) is 2.12. The Labute approximate surface area is 70.0 Å². The Balaban J connectivity index is 3.17. The Morgan fingerprint density at radius 2 is 1.44 bits per heavy atom. The van der Waals surface area contributed by atoms with Crippen LogP contribution in [0.3, 0.4) is 0 Å². The molecule has 0 heterocycles. The topological polar surface area (TPSA) is 0 Å². The van der Waals surface area contributed by atoms with Gasteiger partial charge < -0.3 is 0 Å². The van der Waals surface area contributed by atoms with Crippen molar-refractivity contribution < 1.29 is 0 Å². The summed E-state index contributed by atoms with van der Waals surface area (Å²) in [5.74, 6) is 0. The van der Waals surface area contributed by atoms with Gasteiger partial charge in [0.2, 0.25) is 0 Å². The molecule has 3 heteroatoms. The van der Waals surface area contributed by atoms with Crippen LogP contribution in [-0.4, -0.2) is 0 Å². The summed E-state index contributed by atoms with van der Waals surface area (Å²) in [4.78, 5) is 1.68. The fourth-order valence-electron chi connectivity index (χ4n) is 0.559. The van der Waals surface area contributed by atoms with E-state index in [0.29, 0.717) is 5.02 Å². The molecular weight excluding hydrogens is 172 g/mol. The van der Waals surface area contributed by atoms with Gasteiger partial charge in [-0.2, -0.15) is 0 Å². The van der Waals surface area contributed by atoms with Crippen molar-refractivity contribution >= 4 is 36.9 Å². The van der Waals surface area contributed by atoms with Gasteiger partial charge in [0.1, 0.15) is 0 Å². The highest BCUT2D eigenvalue weighted by Gasteiger charge is 1.90. The molecule has 1 rings (SSSR count). The minimum absolute atomic E-state index is 0.674. The van der Waals surface area contributed by atoms with Crippen LogP contribution < -0.4 is 0 Å². The standard InChI is InChI=1S/C6H5ClS2/c7-4-1-5(8)3-6(9)2-4/h1-3,8-9H. The lowest BCUT2D eigenvalue weighted by atomic mass is 10.4. The first-order valence-electron chi connectivity index (χ1n) is 2.37. The molecule has 0 aliphatic heterocycles. The van der Waals surface area contributed by atoms with Gasteiger partial charge >= 0.3 is 0 Å². The minimum atomic E-state index is 0.674. The summed E-state index contributed by atoms with van der Waals surface area (Å²) in [7, 11) is 0. The van der Waals surface area contributed by atoms with Crippen LogP contribution in [0.15, 0.2) is 28.0 Å². The monoisotopic (exact) mass is 176 g/mol. The van der Waals surface area contributed by atoms with Crippen LogP contribution in [0.4, 0.5) is 0 Å². The maximum atomic E-state index is 5.65. The molecule has 0 unspecified atom stereocenters. The molecule has 0 nitrogen and oxygen atoms in total. The molecule has 1 aromatic carbocycles. The van der Waals surface area contributed by atoms with Gasteiger partial charge in [-0.3, -0.25) is 0 Å². The number of hydrogen-bond acceptors (Lipinski definition) is 2. The molecule has 0 fully saturated rings. The van der Waals surface area contributed by atoms with E-state index in [1.165, 1.54) is 0 Å². The SMILES string of the molecule is Sc1cc(S)cc(Cl)c1. The van der Waals surface area contributed by atoms with Crippen molar-refractivity contribution in [2.75, 3.05) is 0 Å². The van der Waals surface area contributed by atoms with Crippen LogP contribution in [0.25, 0.3) is 0 Å². The lowest BCUT2D eigenvalue weighted by Crippen LogP contribution is -1.67. The molecule has 0 radical (unpaired) electrons. The Hall–Kier alpha value is 0.210. The lowest BCUT2D eigenvalue weighted by Gasteiger charge is -1.93. The number of thiol groups is 2. The van der Waals surface area contributed by atoms with Crippen LogP contribution in [0.1, 0.15) is 0 Å². The molecule has 0 saturated carbocycles. The first-order valence-corrected chi connectivity index (χ1v) is 3.64.